The number of pyridine rings is 1. The largest absolute Gasteiger partial charge is 0.390 e. The van der Waals surface area contributed by atoms with Gasteiger partial charge in [0.25, 0.3) is 0 Å². The molecular weight excluding hydrogens is 264 g/mol. The Labute approximate surface area is 126 Å². The lowest BCUT2D eigenvalue weighted by Crippen LogP contribution is -2.31. The molecule has 4 nitrogen and oxygen atoms in total. The zero-order valence-corrected chi connectivity index (χ0v) is 13.0. The van der Waals surface area contributed by atoms with E-state index in [-0.39, 0.29) is 6.61 Å². The Morgan fingerprint density at radius 3 is 2.71 bits per heavy atom. The van der Waals surface area contributed by atoms with Crippen molar-refractivity contribution in [1.29, 1.82) is 0 Å². The van der Waals surface area contributed by atoms with Crippen molar-refractivity contribution in [3.8, 4) is 0 Å². The molecule has 114 valence electrons. The van der Waals surface area contributed by atoms with E-state index in [2.05, 4.69) is 29.8 Å². The van der Waals surface area contributed by atoms with Gasteiger partial charge in [0.2, 0.25) is 0 Å². The van der Waals surface area contributed by atoms with Crippen molar-refractivity contribution in [2.75, 3.05) is 31.7 Å². The number of rotatable bonds is 7. The number of aromatic nitrogens is 1. The fourth-order valence-electron chi connectivity index (χ4n) is 2.51. The summed E-state index contributed by atoms with van der Waals surface area (Å²) < 4.78 is 5.24. The molecule has 0 saturated heterocycles. The maximum absolute atomic E-state index is 9.46. The number of benzene rings is 1. The lowest BCUT2D eigenvalue weighted by Gasteiger charge is -2.28. The van der Waals surface area contributed by atoms with E-state index >= 15 is 0 Å². The molecule has 0 unspecified atom stereocenters. The summed E-state index contributed by atoms with van der Waals surface area (Å²) in [6.07, 6.45) is 0. The van der Waals surface area contributed by atoms with Crippen LogP contribution in [0.3, 0.4) is 0 Å². The summed E-state index contributed by atoms with van der Waals surface area (Å²) in [5.41, 5.74) is 2.75. The lowest BCUT2D eigenvalue weighted by molar-refractivity contribution is 0.204. The molecule has 0 spiro atoms. The smallest absolute Gasteiger partial charge is 0.0854 e. The summed E-state index contributed by atoms with van der Waals surface area (Å²) in [4.78, 5) is 6.81. The predicted molar refractivity (Wildman–Crippen MR) is 86.6 cm³/mol. The molecule has 0 atom stereocenters. The first kappa shape index (κ1) is 15.7. The summed E-state index contributed by atoms with van der Waals surface area (Å²) in [6, 6.07) is 10.1. The molecule has 0 aliphatic heterocycles. The Balaban J connectivity index is 2.48. The predicted octanol–water partition coefficient (Wildman–Crippen LogP) is 2.84. The highest BCUT2D eigenvalue weighted by molar-refractivity contribution is 5.92. The zero-order valence-electron chi connectivity index (χ0n) is 13.0. The minimum Gasteiger partial charge on any atom is -0.390 e. The number of fused-ring (bicyclic) bond motifs is 1. The van der Waals surface area contributed by atoms with E-state index in [0.717, 1.165) is 29.7 Å². The third-order valence-corrected chi connectivity index (χ3v) is 3.40. The van der Waals surface area contributed by atoms with E-state index < -0.39 is 0 Å². The fourth-order valence-corrected chi connectivity index (χ4v) is 2.51. The van der Waals surface area contributed by atoms with Gasteiger partial charge < -0.3 is 14.7 Å². The maximum atomic E-state index is 9.46. The summed E-state index contributed by atoms with van der Waals surface area (Å²) in [5, 5.41) is 10.6. The van der Waals surface area contributed by atoms with Crippen molar-refractivity contribution in [2.24, 2.45) is 5.92 Å². The van der Waals surface area contributed by atoms with Gasteiger partial charge in [-0.25, -0.2) is 0 Å². The van der Waals surface area contributed by atoms with Gasteiger partial charge in [0.05, 0.1) is 24.4 Å². The van der Waals surface area contributed by atoms with E-state index in [9.17, 15) is 5.11 Å². The monoisotopic (exact) mass is 288 g/mol. The molecule has 0 fully saturated rings. The Kier molecular flexibility index (Phi) is 5.53. The molecule has 0 radical (unpaired) electrons. The zero-order chi connectivity index (χ0) is 15.2. The van der Waals surface area contributed by atoms with Crippen molar-refractivity contribution in [2.45, 2.75) is 20.5 Å². The highest BCUT2D eigenvalue weighted by atomic mass is 16.5. The summed E-state index contributed by atoms with van der Waals surface area (Å²) in [5.74, 6) is 0.548. The van der Waals surface area contributed by atoms with Gasteiger partial charge in [0.1, 0.15) is 0 Å². The Bertz CT molecular complexity index is 584. The van der Waals surface area contributed by atoms with E-state index in [1.807, 2.05) is 24.3 Å². The maximum Gasteiger partial charge on any atom is 0.0854 e. The molecule has 1 N–H and O–H groups in total. The Hall–Kier alpha value is -1.65. The molecule has 1 aromatic heterocycles. The van der Waals surface area contributed by atoms with Gasteiger partial charge in [-0.15, -0.1) is 0 Å². The van der Waals surface area contributed by atoms with Crippen LogP contribution in [0.2, 0.25) is 0 Å². The van der Waals surface area contributed by atoms with Crippen molar-refractivity contribution < 1.29 is 9.84 Å². The number of ether oxygens (including phenoxy) is 1. The van der Waals surface area contributed by atoms with Crippen LogP contribution in [0.4, 0.5) is 5.69 Å². The molecule has 4 heteroatoms. The molecular formula is C17H24N2O2. The quantitative estimate of drug-likeness (QED) is 0.851. The fraction of sp³-hybridized carbons (Fsp3) is 0.471. The number of aliphatic hydroxyl groups is 1. The second-order valence-electron chi connectivity index (χ2n) is 5.64. The number of methoxy groups -OCH3 is 1. The lowest BCUT2D eigenvalue weighted by atomic mass is 10.1. The van der Waals surface area contributed by atoms with Gasteiger partial charge in [-0.05, 0) is 18.1 Å². The standard InChI is InChI=1S/C17H24N2O2/c1-13(2)11-19(8-9-21-3)17-10-14(12-20)18-16-7-5-4-6-15(16)17/h4-7,10,13,20H,8-9,11-12H2,1-3H3. The first-order valence-electron chi connectivity index (χ1n) is 7.39. The summed E-state index contributed by atoms with van der Waals surface area (Å²) in [7, 11) is 1.72. The average Bonchev–Trinajstić information content (AvgIpc) is 2.50. The topological polar surface area (TPSA) is 45.6 Å². The van der Waals surface area contributed by atoms with Gasteiger partial charge in [-0.1, -0.05) is 32.0 Å². The van der Waals surface area contributed by atoms with Gasteiger partial charge in [0, 0.05) is 31.3 Å². The number of para-hydroxylation sites is 1. The Morgan fingerprint density at radius 2 is 2.05 bits per heavy atom. The molecule has 2 rings (SSSR count). The molecule has 1 aromatic carbocycles. The number of anilines is 1. The number of hydrogen-bond acceptors (Lipinski definition) is 4. The molecule has 21 heavy (non-hydrogen) atoms. The molecule has 0 saturated carbocycles. The highest BCUT2D eigenvalue weighted by Crippen LogP contribution is 2.27. The Morgan fingerprint density at radius 1 is 1.29 bits per heavy atom. The molecule has 0 aliphatic rings. The van der Waals surface area contributed by atoms with Crippen molar-refractivity contribution >= 4 is 16.6 Å². The third-order valence-electron chi connectivity index (χ3n) is 3.40. The first-order valence-corrected chi connectivity index (χ1v) is 7.39. The minimum atomic E-state index is -0.0440. The summed E-state index contributed by atoms with van der Waals surface area (Å²) >= 11 is 0. The third kappa shape index (κ3) is 3.93. The van der Waals surface area contributed by atoms with Gasteiger partial charge in [0.15, 0.2) is 0 Å². The van der Waals surface area contributed by atoms with Crippen LogP contribution in [0, 0.1) is 5.92 Å². The number of nitrogens with zero attached hydrogens (tertiary/aromatic N) is 2. The van der Waals surface area contributed by atoms with Gasteiger partial charge >= 0.3 is 0 Å². The van der Waals surface area contributed by atoms with Gasteiger partial charge in [-0.3, -0.25) is 4.98 Å². The van der Waals surface area contributed by atoms with Crippen LogP contribution in [0.1, 0.15) is 19.5 Å². The number of hydrogen-bond donors (Lipinski definition) is 1. The molecule has 0 aliphatic carbocycles. The van der Waals surface area contributed by atoms with Crippen LogP contribution < -0.4 is 4.90 Å². The highest BCUT2D eigenvalue weighted by Gasteiger charge is 2.13. The minimum absolute atomic E-state index is 0.0440. The van der Waals surface area contributed by atoms with Crippen LogP contribution in [0.25, 0.3) is 10.9 Å². The normalized spacial score (nSPS) is 11.3. The molecule has 1 heterocycles. The average molecular weight is 288 g/mol. The van der Waals surface area contributed by atoms with Crippen LogP contribution in [-0.2, 0) is 11.3 Å². The van der Waals surface area contributed by atoms with Crippen LogP contribution in [0.15, 0.2) is 30.3 Å². The van der Waals surface area contributed by atoms with E-state index in [1.165, 1.54) is 0 Å². The summed E-state index contributed by atoms with van der Waals surface area (Å²) in [6.45, 7) is 6.82. The van der Waals surface area contributed by atoms with E-state index in [0.29, 0.717) is 18.2 Å². The number of aliphatic hydroxyl groups excluding tert-OH is 1. The van der Waals surface area contributed by atoms with Crippen LogP contribution in [0.5, 0.6) is 0 Å². The second-order valence-corrected chi connectivity index (χ2v) is 5.64. The SMILES string of the molecule is COCCN(CC(C)C)c1cc(CO)nc2ccccc12. The van der Waals surface area contributed by atoms with Crippen LogP contribution >= 0.6 is 0 Å². The molecule has 0 bridgehead atoms. The van der Waals surface area contributed by atoms with Crippen molar-refractivity contribution in [1.82, 2.24) is 4.98 Å². The van der Waals surface area contributed by atoms with E-state index in [4.69, 9.17) is 4.74 Å². The molecule has 2 aromatic rings. The van der Waals surface area contributed by atoms with Gasteiger partial charge in [-0.2, -0.15) is 0 Å². The van der Waals surface area contributed by atoms with Crippen molar-refractivity contribution in [3.05, 3.63) is 36.0 Å². The molecule has 0 amide bonds. The second kappa shape index (κ2) is 7.38. The van der Waals surface area contributed by atoms with Crippen molar-refractivity contribution in [3.63, 3.8) is 0 Å². The van der Waals surface area contributed by atoms with E-state index in [1.54, 1.807) is 7.11 Å². The van der Waals surface area contributed by atoms with Crippen LogP contribution in [-0.4, -0.2) is 36.9 Å². The first-order chi connectivity index (χ1) is 10.2.